The molecule has 1 heterocycles. The smallest absolute Gasteiger partial charge is 0.335 e. The van der Waals surface area contributed by atoms with Crippen LogP contribution in [0.5, 0.6) is 0 Å². The number of carbonyl (C=O) groups is 2. The fraction of sp³-hybridized carbons (Fsp3) is 0.333. The maximum absolute atomic E-state index is 12.7. The molecule has 0 saturated carbocycles. The van der Waals surface area contributed by atoms with Crippen LogP contribution < -0.4 is 5.32 Å². The van der Waals surface area contributed by atoms with Gasteiger partial charge >= 0.3 is 5.97 Å². The summed E-state index contributed by atoms with van der Waals surface area (Å²) >= 11 is 0. The number of non-ortho nitro benzene ring substituents is 1. The molecule has 1 amide bonds. The minimum atomic E-state index is -1.33. The molecule has 0 spiro atoms. The fourth-order valence-electron chi connectivity index (χ4n) is 3.79. The Morgan fingerprint density at radius 3 is 2.45 bits per heavy atom. The van der Waals surface area contributed by atoms with Crippen molar-refractivity contribution < 1.29 is 24.4 Å². The molecule has 0 aliphatic carbocycles. The van der Waals surface area contributed by atoms with Gasteiger partial charge in [0.2, 0.25) is 0 Å². The summed E-state index contributed by atoms with van der Waals surface area (Å²) in [6, 6.07) is 11.2. The van der Waals surface area contributed by atoms with Crippen molar-refractivity contribution >= 4 is 17.6 Å². The number of aryl methyl sites for hydroxylation is 1. The Bertz CT molecular complexity index is 918. The maximum Gasteiger partial charge on any atom is 0.335 e. The van der Waals surface area contributed by atoms with Gasteiger partial charge in [-0.25, -0.2) is 4.79 Å². The zero-order valence-electron chi connectivity index (χ0n) is 16.0. The Kier molecular flexibility index (Phi) is 5.93. The number of carbonyl (C=O) groups excluding carboxylic acids is 1. The molecule has 1 aliphatic rings. The summed E-state index contributed by atoms with van der Waals surface area (Å²) in [5.74, 6) is -1.88. The highest BCUT2D eigenvalue weighted by atomic mass is 16.6. The van der Waals surface area contributed by atoms with Gasteiger partial charge in [-0.15, -0.1) is 0 Å². The number of hydrogen-bond acceptors (Lipinski definition) is 5. The van der Waals surface area contributed by atoms with Crippen molar-refractivity contribution in [2.45, 2.75) is 25.2 Å². The Morgan fingerprint density at radius 2 is 1.83 bits per heavy atom. The van der Waals surface area contributed by atoms with Crippen molar-refractivity contribution in [2.24, 2.45) is 0 Å². The molecule has 1 aliphatic heterocycles. The van der Waals surface area contributed by atoms with Gasteiger partial charge in [0.25, 0.3) is 11.6 Å². The highest BCUT2D eigenvalue weighted by Gasteiger charge is 2.36. The zero-order chi connectivity index (χ0) is 21.0. The van der Waals surface area contributed by atoms with Crippen molar-refractivity contribution in [3.8, 4) is 0 Å². The van der Waals surface area contributed by atoms with Gasteiger partial charge in [0.15, 0.2) is 0 Å². The molecular formula is C21H22N2O6. The number of nitro groups is 1. The first-order valence-corrected chi connectivity index (χ1v) is 9.27. The number of carboxylic acids is 1. The quantitative estimate of drug-likeness (QED) is 0.570. The molecule has 3 rings (SSSR count). The first kappa shape index (κ1) is 20.5. The summed E-state index contributed by atoms with van der Waals surface area (Å²) in [5, 5.41) is 23.1. The SMILES string of the molecule is Cc1ccccc1C1(CNC(=O)c2cc(C(=O)O)cc([N+](=O)[O-])c2)CCOCC1. The molecule has 2 aromatic rings. The molecule has 0 bridgehead atoms. The van der Waals surface area contributed by atoms with Crippen LogP contribution in [0.25, 0.3) is 0 Å². The molecule has 0 aromatic heterocycles. The van der Waals surface area contributed by atoms with Crippen LogP contribution in [0.4, 0.5) is 5.69 Å². The maximum atomic E-state index is 12.7. The third-order valence-electron chi connectivity index (χ3n) is 5.39. The van der Waals surface area contributed by atoms with E-state index in [2.05, 4.69) is 5.32 Å². The molecule has 0 radical (unpaired) electrons. The number of benzene rings is 2. The van der Waals surface area contributed by atoms with Crippen LogP contribution in [0, 0.1) is 17.0 Å². The predicted molar refractivity (Wildman–Crippen MR) is 105 cm³/mol. The number of carboxylic acid groups (broad SMARTS) is 1. The van der Waals surface area contributed by atoms with Gasteiger partial charge in [0.1, 0.15) is 0 Å². The number of nitrogens with zero attached hydrogens (tertiary/aromatic N) is 1. The van der Waals surface area contributed by atoms with Crippen molar-refractivity contribution in [2.75, 3.05) is 19.8 Å². The third kappa shape index (κ3) is 4.43. The number of amides is 1. The van der Waals surface area contributed by atoms with Crippen LogP contribution >= 0.6 is 0 Å². The summed E-state index contributed by atoms with van der Waals surface area (Å²) in [5.41, 5.74) is 1.15. The van der Waals surface area contributed by atoms with E-state index in [0.717, 1.165) is 42.2 Å². The van der Waals surface area contributed by atoms with Gasteiger partial charge in [0.05, 0.1) is 10.5 Å². The van der Waals surface area contributed by atoms with Crippen LogP contribution in [0.15, 0.2) is 42.5 Å². The Hall–Kier alpha value is -3.26. The first-order chi connectivity index (χ1) is 13.8. The number of rotatable bonds is 6. The van der Waals surface area contributed by atoms with Gasteiger partial charge in [0, 0.05) is 42.9 Å². The molecule has 8 heteroatoms. The number of hydrogen-bond donors (Lipinski definition) is 2. The Morgan fingerprint density at radius 1 is 1.17 bits per heavy atom. The monoisotopic (exact) mass is 398 g/mol. The van der Waals surface area contributed by atoms with Crippen LogP contribution in [-0.4, -0.2) is 41.7 Å². The second-order valence-electron chi connectivity index (χ2n) is 7.22. The zero-order valence-corrected chi connectivity index (χ0v) is 16.0. The van der Waals surface area contributed by atoms with Crippen LogP contribution in [0.1, 0.15) is 44.7 Å². The molecule has 0 unspecified atom stereocenters. The van der Waals surface area contributed by atoms with E-state index in [-0.39, 0.29) is 16.5 Å². The highest BCUT2D eigenvalue weighted by Crippen LogP contribution is 2.36. The second kappa shape index (κ2) is 8.40. The number of nitrogens with one attached hydrogen (secondary N) is 1. The topological polar surface area (TPSA) is 119 Å². The third-order valence-corrected chi connectivity index (χ3v) is 5.39. The predicted octanol–water partition coefficient (Wildman–Crippen LogP) is 3.08. The fourth-order valence-corrected chi connectivity index (χ4v) is 3.79. The summed E-state index contributed by atoms with van der Waals surface area (Å²) in [7, 11) is 0. The molecular weight excluding hydrogens is 376 g/mol. The second-order valence-corrected chi connectivity index (χ2v) is 7.22. The summed E-state index contributed by atoms with van der Waals surface area (Å²) in [6.07, 6.45) is 1.46. The largest absolute Gasteiger partial charge is 0.478 e. The lowest BCUT2D eigenvalue weighted by Gasteiger charge is -2.39. The van der Waals surface area contributed by atoms with E-state index in [9.17, 15) is 24.8 Å². The van der Waals surface area contributed by atoms with Crippen molar-refractivity contribution in [3.05, 3.63) is 74.8 Å². The van der Waals surface area contributed by atoms with E-state index in [1.165, 1.54) is 0 Å². The average Bonchev–Trinajstić information content (AvgIpc) is 2.72. The van der Waals surface area contributed by atoms with E-state index in [4.69, 9.17) is 4.74 Å². The summed E-state index contributed by atoms with van der Waals surface area (Å²) < 4.78 is 5.51. The molecule has 2 aromatic carbocycles. The highest BCUT2D eigenvalue weighted by molar-refractivity contribution is 5.98. The van der Waals surface area contributed by atoms with Crippen LogP contribution in [0.2, 0.25) is 0 Å². The van der Waals surface area contributed by atoms with E-state index >= 15 is 0 Å². The van der Waals surface area contributed by atoms with Gasteiger partial charge in [-0.05, 0) is 37.0 Å². The standard InChI is InChI=1S/C21H22N2O6/c1-14-4-2-3-5-18(14)21(6-8-29-9-7-21)13-22-19(24)15-10-16(20(25)26)12-17(11-15)23(27)28/h2-5,10-12H,6-9,13H2,1H3,(H,22,24)(H,25,26). The average molecular weight is 398 g/mol. The number of aromatic carboxylic acids is 1. The minimum absolute atomic E-state index is 0.0522. The lowest BCUT2D eigenvalue weighted by atomic mass is 9.72. The van der Waals surface area contributed by atoms with Gasteiger partial charge in [-0.1, -0.05) is 24.3 Å². The minimum Gasteiger partial charge on any atom is -0.478 e. The van der Waals surface area contributed by atoms with Crippen molar-refractivity contribution in [1.82, 2.24) is 5.32 Å². The van der Waals surface area contributed by atoms with Gasteiger partial charge < -0.3 is 15.2 Å². The van der Waals surface area contributed by atoms with Crippen molar-refractivity contribution in [3.63, 3.8) is 0 Å². The molecule has 152 valence electrons. The number of nitro benzene ring substituents is 1. The summed E-state index contributed by atoms with van der Waals surface area (Å²) in [4.78, 5) is 34.4. The van der Waals surface area contributed by atoms with E-state index in [1.807, 2.05) is 31.2 Å². The van der Waals surface area contributed by atoms with E-state index in [0.29, 0.717) is 19.8 Å². The molecule has 8 nitrogen and oxygen atoms in total. The molecule has 29 heavy (non-hydrogen) atoms. The molecule has 2 N–H and O–H groups in total. The molecule has 1 fully saturated rings. The van der Waals surface area contributed by atoms with Crippen LogP contribution in [-0.2, 0) is 10.2 Å². The van der Waals surface area contributed by atoms with Crippen LogP contribution in [0.3, 0.4) is 0 Å². The van der Waals surface area contributed by atoms with E-state index < -0.39 is 22.5 Å². The Balaban J connectivity index is 1.87. The van der Waals surface area contributed by atoms with E-state index in [1.54, 1.807) is 0 Å². The van der Waals surface area contributed by atoms with Crippen molar-refractivity contribution in [1.29, 1.82) is 0 Å². The normalized spacial score (nSPS) is 15.5. The Labute approximate surface area is 167 Å². The lowest BCUT2D eigenvalue weighted by Crippen LogP contribution is -2.45. The lowest BCUT2D eigenvalue weighted by molar-refractivity contribution is -0.384. The molecule has 1 saturated heterocycles. The van der Waals surface area contributed by atoms with Gasteiger partial charge in [-0.2, -0.15) is 0 Å². The number of ether oxygens (including phenoxy) is 1. The molecule has 0 atom stereocenters. The van der Waals surface area contributed by atoms with Gasteiger partial charge in [-0.3, -0.25) is 14.9 Å². The summed E-state index contributed by atoms with van der Waals surface area (Å²) in [6.45, 7) is 3.49. The first-order valence-electron chi connectivity index (χ1n) is 9.27.